The van der Waals surface area contributed by atoms with Crippen LogP contribution in [-0.2, 0) is 6.54 Å². The predicted octanol–water partition coefficient (Wildman–Crippen LogP) is 3.91. The van der Waals surface area contributed by atoms with E-state index in [1.165, 1.54) is 18.4 Å². The van der Waals surface area contributed by atoms with Gasteiger partial charge in [-0.25, -0.2) is 0 Å². The first-order valence-electron chi connectivity index (χ1n) is 7.13. The second-order valence-electron chi connectivity index (χ2n) is 5.54. The van der Waals surface area contributed by atoms with Gasteiger partial charge in [-0.2, -0.15) is 0 Å². The summed E-state index contributed by atoms with van der Waals surface area (Å²) in [5, 5.41) is 3.35. The monoisotopic (exact) mass is 326 g/mol. The van der Waals surface area contributed by atoms with Crippen molar-refractivity contribution in [2.75, 3.05) is 27.2 Å². The molecule has 0 radical (unpaired) electrons. The molecule has 19 heavy (non-hydrogen) atoms. The molecule has 0 amide bonds. The van der Waals surface area contributed by atoms with E-state index in [1.807, 2.05) is 0 Å². The molecule has 0 spiro atoms. The molecule has 1 N–H and O–H groups in total. The zero-order chi connectivity index (χ0) is 14.3. The van der Waals surface area contributed by atoms with E-state index < -0.39 is 0 Å². The van der Waals surface area contributed by atoms with E-state index >= 15 is 0 Å². The van der Waals surface area contributed by atoms with Crippen LogP contribution in [0.3, 0.4) is 0 Å². The Labute approximate surface area is 126 Å². The lowest BCUT2D eigenvalue weighted by atomic mass is 9.81. The maximum absolute atomic E-state index is 3.48. The minimum atomic E-state index is 0.388. The van der Waals surface area contributed by atoms with E-state index in [4.69, 9.17) is 0 Å². The molecule has 0 aliphatic carbocycles. The van der Waals surface area contributed by atoms with Gasteiger partial charge in [-0.1, -0.05) is 41.9 Å². The van der Waals surface area contributed by atoms with E-state index in [9.17, 15) is 0 Å². The highest BCUT2D eigenvalue weighted by molar-refractivity contribution is 9.10. The van der Waals surface area contributed by atoms with E-state index in [-0.39, 0.29) is 0 Å². The van der Waals surface area contributed by atoms with Crippen LogP contribution in [0.25, 0.3) is 0 Å². The summed E-state index contributed by atoms with van der Waals surface area (Å²) in [4.78, 5) is 2.44. The number of nitrogens with one attached hydrogen (secondary N) is 1. The first-order chi connectivity index (χ1) is 9.05. The molecule has 0 saturated heterocycles. The molecule has 0 aliphatic heterocycles. The van der Waals surface area contributed by atoms with Gasteiger partial charge in [0.2, 0.25) is 0 Å². The molecule has 0 aromatic heterocycles. The summed E-state index contributed by atoms with van der Waals surface area (Å²) in [7, 11) is 4.27. The summed E-state index contributed by atoms with van der Waals surface area (Å²) in [6.07, 6.45) is 2.43. The first-order valence-corrected chi connectivity index (χ1v) is 7.92. The van der Waals surface area contributed by atoms with Crippen molar-refractivity contribution < 1.29 is 0 Å². The minimum absolute atomic E-state index is 0.388. The average molecular weight is 327 g/mol. The van der Waals surface area contributed by atoms with Crippen LogP contribution in [-0.4, -0.2) is 32.1 Å². The van der Waals surface area contributed by atoms with Gasteiger partial charge >= 0.3 is 0 Å². The van der Waals surface area contributed by atoms with Crippen molar-refractivity contribution in [3.8, 4) is 0 Å². The highest BCUT2D eigenvalue weighted by Crippen LogP contribution is 2.27. The van der Waals surface area contributed by atoms with Gasteiger partial charge in [0.15, 0.2) is 0 Å². The number of halogens is 1. The van der Waals surface area contributed by atoms with E-state index in [1.54, 1.807) is 0 Å². The molecule has 0 heterocycles. The molecule has 1 aromatic rings. The number of hydrogen-bond donors (Lipinski definition) is 1. The van der Waals surface area contributed by atoms with Crippen molar-refractivity contribution in [2.45, 2.75) is 33.2 Å². The quantitative estimate of drug-likeness (QED) is 0.779. The molecule has 0 atom stereocenters. The molecule has 3 heteroatoms. The fraction of sp³-hybridized carbons (Fsp3) is 0.625. The number of hydrogen-bond acceptors (Lipinski definition) is 2. The predicted molar refractivity (Wildman–Crippen MR) is 87.4 cm³/mol. The van der Waals surface area contributed by atoms with Gasteiger partial charge in [-0.15, -0.1) is 0 Å². The Morgan fingerprint density at radius 2 is 1.74 bits per heavy atom. The van der Waals surface area contributed by atoms with Crippen molar-refractivity contribution >= 4 is 15.9 Å². The van der Waals surface area contributed by atoms with Crippen LogP contribution in [0, 0.1) is 5.41 Å². The van der Waals surface area contributed by atoms with Gasteiger partial charge in [0.25, 0.3) is 0 Å². The smallest absolute Gasteiger partial charge is 0.0230 e. The summed E-state index contributed by atoms with van der Waals surface area (Å²) < 4.78 is 1.14. The van der Waals surface area contributed by atoms with Gasteiger partial charge in [-0.3, -0.25) is 0 Å². The average Bonchev–Trinajstić information content (AvgIpc) is 2.41. The van der Waals surface area contributed by atoms with E-state index in [2.05, 4.69) is 78.4 Å². The lowest BCUT2D eigenvalue weighted by molar-refractivity contribution is 0.153. The van der Waals surface area contributed by atoms with Gasteiger partial charge in [0.1, 0.15) is 0 Å². The molecule has 0 unspecified atom stereocenters. The maximum atomic E-state index is 3.48. The van der Waals surface area contributed by atoms with Crippen molar-refractivity contribution in [3.63, 3.8) is 0 Å². The molecule has 0 saturated carbocycles. The number of nitrogens with zero attached hydrogens (tertiary/aromatic N) is 1. The fourth-order valence-corrected chi connectivity index (χ4v) is 2.95. The molecule has 0 fully saturated rings. The van der Waals surface area contributed by atoms with Crippen molar-refractivity contribution in [3.05, 3.63) is 34.3 Å². The Hall–Kier alpha value is -0.380. The molecule has 1 rings (SSSR count). The topological polar surface area (TPSA) is 15.3 Å². The Kier molecular flexibility index (Phi) is 7.05. The second-order valence-corrected chi connectivity index (χ2v) is 6.45. The summed E-state index contributed by atoms with van der Waals surface area (Å²) >= 11 is 3.48. The molecule has 0 aliphatic rings. The minimum Gasteiger partial charge on any atom is -0.319 e. The molecule has 0 bridgehead atoms. The Balaban J connectivity index is 2.61. The van der Waals surface area contributed by atoms with Gasteiger partial charge in [0.05, 0.1) is 0 Å². The SMILES string of the molecule is CCC(CC)(CNC)CN(C)Cc1ccc(Br)cc1. The Morgan fingerprint density at radius 3 is 2.21 bits per heavy atom. The van der Waals surface area contributed by atoms with Crippen LogP contribution < -0.4 is 5.32 Å². The summed E-state index contributed by atoms with van der Waals surface area (Å²) in [6.45, 7) is 7.84. The fourth-order valence-electron chi connectivity index (χ4n) is 2.68. The standard InChI is InChI=1S/C16H27BrN2/c1-5-16(6-2,12-18-3)13-19(4)11-14-7-9-15(17)10-8-14/h7-10,18H,5-6,11-13H2,1-4H3. The largest absolute Gasteiger partial charge is 0.319 e. The molecule has 1 aromatic carbocycles. The third kappa shape index (κ3) is 5.25. The number of benzene rings is 1. The van der Waals surface area contributed by atoms with Crippen LogP contribution in [0.4, 0.5) is 0 Å². The number of rotatable bonds is 8. The molecule has 108 valence electrons. The molecular weight excluding hydrogens is 300 g/mol. The summed E-state index contributed by atoms with van der Waals surface area (Å²) in [5.41, 5.74) is 1.76. The van der Waals surface area contributed by atoms with E-state index in [0.29, 0.717) is 5.41 Å². The lowest BCUT2D eigenvalue weighted by Crippen LogP contribution is -2.41. The van der Waals surface area contributed by atoms with Crippen LogP contribution in [0.2, 0.25) is 0 Å². The zero-order valence-corrected chi connectivity index (χ0v) is 14.3. The van der Waals surface area contributed by atoms with Crippen LogP contribution in [0.15, 0.2) is 28.7 Å². The highest BCUT2D eigenvalue weighted by atomic mass is 79.9. The van der Waals surface area contributed by atoms with Crippen molar-refractivity contribution in [1.82, 2.24) is 10.2 Å². The van der Waals surface area contributed by atoms with Crippen LogP contribution >= 0.6 is 15.9 Å². The van der Waals surface area contributed by atoms with Gasteiger partial charge in [0, 0.05) is 24.1 Å². The Bertz CT molecular complexity index is 358. The molecular formula is C16H27BrN2. The van der Waals surface area contributed by atoms with Gasteiger partial charge < -0.3 is 10.2 Å². The third-order valence-electron chi connectivity index (χ3n) is 4.02. The third-order valence-corrected chi connectivity index (χ3v) is 4.55. The highest BCUT2D eigenvalue weighted by Gasteiger charge is 2.26. The normalized spacial score (nSPS) is 12.1. The Morgan fingerprint density at radius 1 is 1.16 bits per heavy atom. The summed E-state index contributed by atoms with van der Waals surface area (Å²) in [6, 6.07) is 8.61. The zero-order valence-electron chi connectivity index (χ0n) is 12.7. The van der Waals surface area contributed by atoms with Crippen molar-refractivity contribution in [2.24, 2.45) is 5.41 Å². The van der Waals surface area contributed by atoms with Crippen LogP contribution in [0.5, 0.6) is 0 Å². The summed E-state index contributed by atoms with van der Waals surface area (Å²) in [5.74, 6) is 0. The molecule has 2 nitrogen and oxygen atoms in total. The van der Waals surface area contributed by atoms with Crippen molar-refractivity contribution in [1.29, 1.82) is 0 Å². The van der Waals surface area contributed by atoms with E-state index in [0.717, 1.165) is 24.1 Å². The van der Waals surface area contributed by atoms with Gasteiger partial charge in [-0.05, 0) is 50.0 Å². The first kappa shape index (κ1) is 16.7. The second kappa shape index (κ2) is 8.03. The van der Waals surface area contributed by atoms with Crippen LogP contribution in [0.1, 0.15) is 32.3 Å². The maximum Gasteiger partial charge on any atom is 0.0230 e. The lowest BCUT2D eigenvalue weighted by Gasteiger charge is -2.35.